The molecule has 1 aliphatic carbocycles. The van der Waals surface area contributed by atoms with Gasteiger partial charge in [0.05, 0.1) is 24.4 Å². The van der Waals surface area contributed by atoms with Gasteiger partial charge in [-0.05, 0) is 63.2 Å². The maximum absolute atomic E-state index is 12.8. The molecule has 2 aromatic heterocycles. The van der Waals surface area contributed by atoms with Gasteiger partial charge in [0.1, 0.15) is 22.7 Å². The first-order valence-electron chi connectivity index (χ1n) is 13.9. The number of aryl methyl sites for hydroxylation is 1. The molecule has 9 nitrogen and oxygen atoms in total. The zero-order chi connectivity index (χ0) is 28.9. The third-order valence-electron chi connectivity index (χ3n) is 7.27. The van der Waals surface area contributed by atoms with Crippen LogP contribution in [0.25, 0.3) is 16.7 Å². The fraction of sp³-hybridized carbons (Fsp3) is 0.375. The van der Waals surface area contributed by atoms with Crippen LogP contribution in [0, 0.1) is 6.92 Å². The van der Waals surface area contributed by atoms with E-state index < -0.39 is 5.60 Å². The predicted octanol–water partition coefficient (Wildman–Crippen LogP) is 4.73. The lowest BCUT2D eigenvalue weighted by molar-refractivity contribution is 0.0857. The van der Waals surface area contributed by atoms with Crippen LogP contribution < -0.4 is 14.8 Å². The Balaban J connectivity index is 1.30. The van der Waals surface area contributed by atoms with Gasteiger partial charge in [0.2, 0.25) is 5.88 Å². The van der Waals surface area contributed by atoms with Crippen molar-refractivity contribution in [3.63, 3.8) is 0 Å². The van der Waals surface area contributed by atoms with E-state index in [2.05, 4.69) is 21.3 Å². The number of likely N-dealkylation sites (tertiary alicyclic amines) is 1. The summed E-state index contributed by atoms with van der Waals surface area (Å²) in [6.07, 6.45) is 3.27. The van der Waals surface area contributed by atoms with Crippen molar-refractivity contribution in [3.05, 3.63) is 82.1 Å². The zero-order valence-corrected chi connectivity index (χ0v) is 24.4. The molecule has 6 rings (SSSR count). The van der Waals surface area contributed by atoms with E-state index in [0.29, 0.717) is 41.7 Å². The molecule has 1 N–H and O–H groups in total. The molecule has 2 aliphatic rings. The number of allylic oxidation sites excluding steroid dienone is 1. The quantitative estimate of drug-likeness (QED) is 0.350. The monoisotopic (exact) mass is 553 g/mol. The van der Waals surface area contributed by atoms with Crippen molar-refractivity contribution in [2.45, 2.75) is 52.2 Å². The highest BCUT2D eigenvalue weighted by atomic mass is 16.5. The molecule has 0 radical (unpaired) electrons. The molecule has 3 heterocycles. The van der Waals surface area contributed by atoms with Crippen LogP contribution >= 0.6 is 0 Å². The summed E-state index contributed by atoms with van der Waals surface area (Å²) in [5.74, 6) is 2.35. The lowest BCUT2D eigenvalue weighted by Crippen LogP contribution is -2.57. The predicted molar refractivity (Wildman–Crippen MR) is 156 cm³/mol. The van der Waals surface area contributed by atoms with Crippen LogP contribution in [0.4, 0.5) is 0 Å². The van der Waals surface area contributed by atoms with Crippen molar-refractivity contribution in [1.82, 2.24) is 25.2 Å². The molecule has 4 aromatic rings. The number of likely N-dealkylation sites (N-methyl/N-ethyl adjacent to an activating group) is 1. The summed E-state index contributed by atoms with van der Waals surface area (Å²) in [6.45, 7) is 9.60. The third-order valence-corrected chi connectivity index (χ3v) is 7.27. The number of nitrogens with one attached hydrogen (secondary N) is 1. The zero-order valence-electron chi connectivity index (χ0n) is 24.4. The number of oxazole rings is 1. The topological polar surface area (TPSA) is 103 Å². The van der Waals surface area contributed by atoms with E-state index in [1.807, 2.05) is 65.1 Å². The van der Waals surface area contributed by atoms with Crippen molar-refractivity contribution in [3.8, 4) is 11.6 Å². The van der Waals surface area contributed by atoms with Crippen LogP contribution in [0.2, 0.25) is 0 Å². The number of carbonyl (C=O) groups is 1. The third kappa shape index (κ3) is 5.54. The fourth-order valence-corrected chi connectivity index (χ4v) is 5.43. The second-order valence-corrected chi connectivity index (χ2v) is 11.8. The Hall–Kier alpha value is -4.24. The molecule has 1 aliphatic heterocycles. The normalized spacial score (nSPS) is 15.4. The minimum atomic E-state index is -0.457. The highest BCUT2D eigenvalue weighted by molar-refractivity contribution is 5.95. The van der Waals surface area contributed by atoms with Crippen molar-refractivity contribution < 1.29 is 18.7 Å². The standard InChI is InChI=1S/C32H35N5O4/c1-18-33-24-11-9-19(13-27(24)40-18)23-10-12-25-29(23)31(41-32(2,3)4)36-28(35-25)15-20-7-8-21(14-26(20)39-6)30(38)34-22-16-37(5)17-22/h7-11,13-14,22H,12,15-17H2,1-6H3,(H,34,38). The Morgan fingerprint density at radius 3 is 2.66 bits per heavy atom. The summed E-state index contributed by atoms with van der Waals surface area (Å²) >= 11 is 0. The number of carbonyl (C=O) groups excluding carboxylic acids is 1. The molecule has 1 saturated heterocycles. The van der Waals surface area contributed by atoms with Crippen LogP contribution in [0.3, 0.4) is 0 Å². The number of amides is 1. The Morgan fingerprint density at radius 1 is 1.12 bits per heavy atom. The highest BCUT2D eigenvalue weighted by Gasteiger charge is 2.28. The smallest absolute Gasteiger partial charge is 0.251 e. The number of nitrogens with zero attached hydrogens (tertiary/aromatic N) is 4. The van der Waals surface area contributed by atoms with Crippen LogP contribution in [0.15, 0.2) is 46.9 Å². The van der Waals surface area contributed by atoms with Gasteiger partial charge in [-0.25, -0.2) is 9.97 Å². The molecule has 0 bridgehead atoms. The number of benzene rings is 2. The lowest BCUT2D eigenvalue weighted by atomic mass is 10.0. The lowest BCUT2D eigenvalue weighted by Gasteiger charge is -2.36. The Morgan fingerprint density at radius 2 is 1.93 bits per heavy atom. The number of fused-ring (bicyclic) bond motifs is 2. The molecule has 0 saturated carbocycles. The molecule has 212 valence electrons. The van der Waals surface area contributed by atoms with Gasteiger partial charge >= 0.3 is 0 Å². The van der Waals surface area contributed by atoms with Crippen molar-refractivity contribution in [2.24, 2.45) is 0 Å². The van der Waals surface area contributed by atoms with E-state index in [1.54, 1.807) is 13.2 Å². The maximum Gasteiger partial charge on any atom is 0.251 e. The summed E-state index contributed by atoms with van der Waals surface area (Å²) < 4.78 is 17.9. The molecule has 41 heavy (non-hydrogen) atoms. The molecule has 9 heteroatoms. The van der Waals surface area contributed by atoms with Gasteiger partial charge in [-0.2, -0.15) is 4.98 Å². The van der Waals surface area contributed by atoms with Crippen molar-refractivity contribution in [1.29, 1.82) is 0 Å². The van der Waals surface area contributed by atoms with E-state index in [9.17, 15) is 4.79 Å². The SMILES string of the molecule is COc1cc(C(=O)NC2CN(C)C2)ccc1Cc1nc2c(c(OC(C)(C)C)n1)C(c1ccc3nc(C)oc3c1)=CC2. The van der Waals surface area contributed by atoms with Crippen LogP contribution in [0.1, 0.15) is 65.2 Å². The molecule has 2 aromatic carbocycles. The van der Waals surface area contributed by atoms with E-state index in [0.717, 1.165) is 52.1 Å². The van der Waals surface area contributed by atoms with E-state index >= 15 is 0 Å². The second kappa shape index (κ2) is 10.3. The average Bonchev–Trinajstić information content (AvgIpc) is 3.49. The minimum absolute atomic E-state index is 0.0973. The minimum Gasteiger partial charge on any atom is -0.496 e. The summed E-state index contributed by atoms with van der Waals surface area (Å²) in [5.41, 5.74) is 6.43. The highest BCUT2D eigenvalue weighted by Crippen LogP contribution is 2.39. The summed E-state index contributed by atoms with van der Waals surface area (Å²) in [6, 6.07) is 11.7. The van der Waals surface area contributed by atoms with Crippen LogP contribution in [-0.2, 0) is 12.8 Å². The number of methoxy groups -OCH3 is 1. The molecular formula is C32H35N5O4. The summed E-state index contributed by atoms with van der Waals surface area (Å²) in [4.78, 5) is 29.2. The number of aromatic nitrogens is 3. The van der Waals surface area contributed by atoms with Gasteiger partial charge in [0.15, 0.2) is 11.5 Å². The van der Waals surface area contributed by atoms with Crippen LogP contribution in [0.5, 0.6) is 11.6 Å². The number of ether oxygens (including phenoxy) is 2. The summed E-state index contributed by atoms with van der Waals surface area (Å²) in [7, 11) is 3.65. The molecule has 1 fully saturated rings. The van der Waals surface area contributed by atoms with E-state index in [-0.39, 0.29) is 11.9 Å². The van der Waals surface area contributed by atoms with E-state index in [1.165, 1.54) is 0 Å². The van der Waals surface area contributed by atoms with E-state index in [4.69, 9.17) is 23.9 Å². The van der Waals surface area contributed by atoms with Gasteiger partial charge in [-0.15, -0.1) is 0 Å². The van der Waals surface area contributed by atoms with Gasteiger partial charge in [0.25, 0.3) is 5.91 Å². The Bertz CT molecular complexity index is 1680. The fourth-order valence-electron chi connectivity index (χ4n) is 5.43. The molecule has 0 spiro atoms. The maximum atomic E-state index is 12.8. The second-order valence-electron chi connectivity index (χ2n) is 11.8. The average molecular weight is 554 g/mol. The number of hydrogen-bond donors (Lipinski definition) is 1. The molecular weight excluding hydrogens is 518 g/mol. The first kappa shape index (κ1) is 27.0. The first-order chi connectivity index (χ1) is 19.6. The van der Waals surface area contributed by atoms with Gasteiger partial charge in [-0.1, -0.05) is 18.2 Å². The largest absolute Gasteiger partial charge is 0.496 e. The molecule has 0 unspecified atom stereocenters. The van der Waals surface area contributed by atoms with Crippen molar-refractivity contribution in [2.75, 3.05) is 27.2 Å². The number of rotatable bonds is 7. The Labute approximate surface area is 239 Å². The Kier molecular flexibility index (Phi) is 6.77. The van der Waals surface area contributed by atoms with Gasteiger partial charge in [0, 0.05) is 44.0 Å². The van der Waals surface area contributed by atoms with Crippen LogP contribution in [-0.4, -0.2) is 64.6 Å². The van der Waals surface area contributed by atoms with Gasteiger partial charge in [-0.3, -0.25) is 4.79 Å². The first-order valence-corrected chi connectivity index (χ1v) is 13.9. The van der Waals surface area contributed by atoms with Crippen molar-refractivity contribution >= 4 is 22.6 Å². The number of hydrogen-bond acceptors (Lipinski definition) is 8. The van der Waals surface area contributed by atoms with Gasteiger partial charge < -0.3 is 24.1 Å². The molecule has 0 atom stereocenters. The summed E-state index contributed by atoms with van der Waals surface area (Å²) in [5, 5.41) is 3.08. The molecule has 1 amide bonds.